The molecule has 0 unspecified atom stereocenters. The van der Waals surface area contributed by atoms with Crippen molar-refractivity contribution in [2.24, 2.45) is 0 Å². The summed E-state index contributed by atoms with van der Waals surface area (Å²) in [5.41, 5.74) is 0. The Labute approximate surface area is 67.3 Å². The van der Waals surface area contributed by atoms with E-state index in [2.05, 4.69) is 0 Å². The average molecular weight is 218 g/mol. The van der Waals surface area contributed by atoms with E-state index in [0.29, 0.717) is 0 Å². The van der Waals surface area contributed by atoms with Crippen molar-refractivity contribution in [1.82, 2.24) is 0 Å². The maximum absolute atomic E-state index is 0. The third-order valence-electron chi connectivity index (χ3n) is 0. The number of rotatable bonds is 0. The van der Waals surface area contributed by atoms with Crippen LogP contribution in [0.2, 0.25) is 0 Å². The minimum atomic E-state index is 0. The molecule has 0 saturated heterocycles. The van der Waals surface area contributed by atoms with Crippen molar-refractivity contribution in [3.8, 4) is 0 Å². The number of hydrogen-bond acceptors (Lipinski definition) is 0. The van der Waals surface area contributed by atoms with Crippen LogP contribution in [0.15, 0.2) is 0 Å². The summed E-state index contributed by atoms with van der Waals surface area (Å²) in [6.07, 6.45) is 0. The molecule has 0 bridgehead atoms. The Kier molecular flexibility index (Phi) is 55600. The van der Waals surface area contributed by atoms with E-state index in [1.54, 1.807) is 0 Å². The van der Waals surface area contributed by atoms with E-state index in [1.165, 1.54) is 0 Å². The van der Waals surface area contributed by atoms with Gasteiger partial charge in [0.2, 0.25) is 0 Å². The van der Waals surface area contributed by atoms with Crippen LogP contribution in [0, 0.1) is 0 Å². The fourth-order valence-electron chi connectivity index (χ4n) is 0. The summed E-state index contributed by atoms with van der Waals surface area (Å²) < 4.78 is 0. The first-order valence-corrected chi connectivity index (χ1v) is 0. The molecule has 0 aliphatic carbocycles. The fraction of sp³-hybridized carbons (Fsp3) is 0. The first-order valence-electron chi connectivity index (χ1n) is 0. The summed E-state index contributed by atoms with van der Waals surface area (Å²) >= 11 is 0. The molecule has 0 radical (unpaired) electrons. The van der Waals surface area contributed by atoms with Gasteiger partial charge in [0.1, 0.15) is 0 Å². The Morgan fingerprint density at radius 3 is 0.375 bits per heavy atom. The molecule has 0 spiro atoms. The van der Waals surface area contributed by atoms with Crippen LogP contribution in [-0.4, -0.2) is 0 Å². The third-order valence-corrected chi connectivity index (χ3v) is 0. The maximum atomic E-state index is 0. The van der Waals surface area contributed by atoms with Crippen LogP contribution in [-0.2, 0) is 38.8 Å². The van der Waals surface area contributed by atoms with Gasteiger partial charge in [0.25, 0.3) is 0 Å². The molecule has 0 fully saturated rings. The van der Waals surface area contributed by atoms with Crippen LogP contribution >= 0.6 is 0 Å². The Hall–Kier alpha value is 0.814. The number of halogens is 6. The van der Waals surface area contributed by atoms with Gasteiger partial charge in [-0.2, -0.15) is 0 Å². The largest absolute Gasteiger partial charge is 4.00 e. The molecule has 8 heteroatoms. The van der Waals surface area contributed by atoms with E-state index in [1.807, 2.05) is 0 Å². The third kappa shape index (κ3) is 348. The van der Waals surface area contributed by atoms with Crippen molar-refractivity contribution < 1.29 is 67.0 Å². The molecule has 0 aromatic carbocycles. The van der Waals surface area contributed by atoms with Gasteiger partial charge in [0.05, 0.1) is 0 Å². The van der Waals surface area contributed by atoms with Crippen molar-refractivity contribution in [2.75, 3.05) is 0 Å². The quantitative estimate of drug-likeness (QED) is 0.279. The van der Waals surface area contributed by atoms with Gasteiger partial charge in [0, 0.05) is 0 Å². The molecule has 0 heterocycles. The molecule has 54 valence electrons. The van der Waals surface area contributed by atoms with Crippen LogP contribution in [0.3, 0.4) is 0 Å². The van der Waals surface area contributed by atoms with E-state index >= 15 is 0 Å². The Balaban J connectivity index is 0. The van der Waals surface area contributed by atoms with E-state index in [9.17, 15) is 0 Å². The normalized spacial score (nSPS) is 0. The zero-order valence-corrected chi connectivity index (χ0v) is 5.79. The predicted octanol–water partition coefficient (Wildman–Crippen LogP) is -18.0. The van der Waals surface area contributed by atoms with Gasteiger partial charge in [-0.05, 0) is 0 Å². The zero-order valence-electron chi connectivity index (χ0n) is 3.12. The van der Waals surface area contributed by atoms with E-state index < -0.39 is 0 Å². The molecule has 0 nitrogen and oxygen atoms in total. The van der Waals surface area contributed by atoms with Crippen LogP contribution < -0.4 is 28.2 Å². The summed E-state index contributed by atoms with van der Waals surface area (Å²) in [7, 11) is 0. The summed E-state index contributed by atoms with van der Waals surface area (Å²) in [5, 5.41) is 0. The molecule has 0 rings (SSSR count). The van der Waals surface area contributed by atoms with Gasteiger partial charge in [-0.25, -0.2) is 0 Å². The first-order chi connectivity index (χ1) is 0. The molecule has 8 heavy (non-hydrogen) atoms. The number of hydrogen-bond donors (Lipinski definition) is 0. The smallest absolute Gasteiger partial charge is 1.00 e. The van der Waals surface area contributed by atoms with Gasteiger partial charge in [0.15, 0.2) is 0 Å². The molecule has 0 saturated carbocycles. The van der Waals surface area contributed by atoms with Crippen LogP contribution in [0.5, 0.6) is 0 Å². The van der Waals surface area contributed by atoms with Crippen molar-refractivity contribution in [3.05, 3.63) is 0 Å². The van der Waals surface area contributed by atoms with Crippen molar-refractivity contribution in [2.45, 2.75) is 0 Å². The van der Waals surface area contributed by atoms with Crippen molar-refractivity contribution in [1.29, 1.82) is 0 Å². The summed E-state index contributed by atoms with van der Waals surface area (Å²) in [5.74, 6) is 0. The van der Waals surface area contributed by atoms with Gasteiger partial charge >= 0.3 is 38.8 Å². The van der Waals surface area contributed by atoms with Gasteiger partial charge in [-0.1, -0.05) is 0 Å². The second kappa shape index (κ2) is 548. The van der Waals surface area contributed by atoms with E-state index in [4.69, 9.17) is 0 Å². The molecular weight excluding hydrogens is 218 g/mol. The first kappa shape index (κ1) is 813. The molecular formula is F6FeTi. The minimum Gasteiger partial charge on any atom is -1.00 e. The molecule has 0 aliphatic heterocycles. The van der Waals surface area contributed by atoms with E-state index in [0.717, 1.165) is 0 Å². The molecule has 0 aromatic rings. The molecule has 0 aliphatic rings. The Morgan fingerprint density at radius 1 is 0.375 bits per heavy atom. The summed E-state index contributed by atoms with van der Waals surface area (Å²) in [6, 6.07) is 0. The predicted molar refractivity (Wildman–Crippen MR) is 0 cm³/mol. The summed E-state index contributed by atoms with van der Waals surface area (Å²) in [6.45, 7) is 0. The van der Waals surface area contributed by atoms with Gasteiger partial charge in [-0.3, -0.25) is 0 Å². The van der Waals surface area contributed by atoms with Crippen molar-refractivity contribution >= 4 is 0 Å². The topological polar surface area (TPSA) is 0 Å². The molecule has 0 atom stereocenters. The minimum absolute atomic E-state index is 0. The second-order valence-corrected chi connectivity index (χ2v) is 0. The zero-order chi connectivity index (χ0) is 0. The van der Waals surface area contributed by atoms with E-state index in [-0.39, 0.29) is 67.0 Å². The standard InChI is InChI=1S/6FH.Fe.Ti/h6*1H;;/q;;;;;;+2;+4/p-6. The average Bonchev–Trinajstić information content (AvgIpc) is 0. The SMILES string of the molecule is [F-].[F-].[F-].[F-].[F-].[F-].[Fe+2].[Ti+4]. The van der Waals surface area contributed by atoms with Crippen LogP contribution in [0.25, 0.3) is 0 Å². The Morgan fingerprint density at radius 2 is 0.375 bits per heavy atom. The monoisotopic (exact) mass is 218 g/mol. The van der Waals surface area contributed by atoms with Crippen LogP contribution in [0.4, 0.5) is 0 Å². The summed E-state index contributed by atoms with van der Waals surface area (Å²) in [4.78, 5) is 0. The molecule has 0 amide bonds. The fourth-order valence-corrected chi connectivity index (χ4v) is 0. The molecule has 0 N–H and O–H groups in total. The molecule has 0 aromatic heterocycles. The van der Waals surface area contributed by atoms with Crippen molar-refractivity contribution in [3.63, 3.8) is 0 Å². The van der Waals surface area contributed by atoms with Crippen LogP contribution in [0.1, 0.15) is 0 Å². The van der Waals surface area contributed by atoms with Gasteiger partial charge in [-0.15, -0.1) is 0 Å². The van der Waals surface area contributed by atoms with Gasteiger partial charge < -0.3 is 28.2 Å². The maximum Gasteiger partial charge on any atom is 4.00 e. The second-order valence-electron chi connectivity index (χ2n) is 0. The Bertz CT molecular complexity index is 8.49.